The normalized spacial score (nSPS) is 13.2. The highest BCUT2D eigenvalue weighted by Crippen LogP contribution is 2.30. The molecule has 2 rings (SSSR count). The Hall–Kier alpha value is -0.690. The third-order valence-electron chi connectivity index (χ3n) is 3.54. The van der Waals surface area contributed by atoms with Crippen LogP contribution in [-0.2, 0) is 11.8 Å². The third-order valence-corrected chi connectivity index (χ3v) is 4.68. The topological polar surface area (TPSA) is 0 Å². The molecule has 0 spiro atoms. The number of hydrogen-bond donors (Lipinski definition) is 0. The summed E-state index contributed by atoms with van der Waals surface area (Å²) in [6, 6.07) is 14.2. The van der Waals surface area contributed by atoms with Crippen molar-refractivity contribution in [1.29, 1.82) is 0 Å². The molecule has 0 radical (unpaired) electrons. The van der Waals surface area contributed by atoms with Gasteiger partial charge >= 0.3 is 0 Å². The average Bonchev–Trinajstić information content (AvgIpc) is 2.42. The molecule has 112 valence electrons. The Bertz CT molecular complexity index is 609. The summed E-state index contributed by atoms with van der Waals surface area (Å²) in [5.74, 6) is 0. The lowest BCUT2D eigenvalue weighted by atomic mass is 9.86. The number of hydrogen-bond acceptors (Lipinski definition) is 0. The highest BCUT2D eigenvalue weighted by Gasteiger charge is 2.15. The molecule has 2 aromatic rings. The van der Waals surface area contributed by atoms with E-state index in [4.69, 9.17) is 34.8 Å². The Morgan fingerprint density at radius 3 is 2.05 bits per heavy atom. The van der Waals surface area contributed by atoms with E-state index in [1.807, 2.05) is 18.2 Å². The number of halogens is 3. The van der Waals surface area contributed by atoms with E-state index < -0.39 is 0 Å². The van der Waals surface area contributed by atoms with Crippen molar-refractivity contribution in [2.24, 2.45) is 0 Å². The second-order valence-corrected chi connectivity index (χ2v) is 7.63. The fourth-order valence-corrected chi connectivity index (χ4v) is 2.83. The van der Waals surface area contributed by atoms with E-state index in [1.165, 1.54) is 5.56 Å². The SMILES string of the molecule is CC(C)(C)c1ccc(C(Cl)Cc2ccc(Cl)c(Cl)c2)cc1. The summed E-state index contributed by atoms with van der Waals surface area (Å²) in [6.07, 6.45) is 0.729. The van der Waals surface area contributed by atoms with Gasteiger partial charge in [-0.05, 0) is 40.7 Å². The van der Waals surface area contributed by atoms with Crippen LogP contribution in [0.4, 0.5) is 0 Å². The first-order valence-electron chi connectivity index (χ1n) is 6.96. The third kappa shape index (κ3) is 4.39. The van der Waals surface area contributed by atoms with Crippen molar-refractivity contribution >= 4 is 34.8 Å². The van der Waals surface area contributed by atoms with E-state index >= 15 is 0 Å². The van der Waals surface area contributed by atoms with Crippen molar-refractivity contribution in [1.82, 2.24) is 0 Å². The molecule has 0 aromatic heterocycles. The van der Waals surface area contributed by atoms with Crippen LogP contribution in [0.5, 0.6) is 0 Å². The van der Waals surface area contributed by atoms with Crippen LogP contribution in [0.1, 0.15) is 42.8 Å². The van der Waals surface area contributed by atoms with Gasteiger partial charge in [0.05, 0.1) is 15.4 Å². The molecule has 0 saturated carbocycles. The predicted molar refractivity (Wildman–Crippen MR) is 93.9 cm³/mol. The van der Waals surface area contributed by atoms with Gasteiger partial charge in [0.2, 0.25) is 0 Å². The van der Waals surface area contributed by atoms with Crippen LogP contribution in [-0.4, -0.2) is 0 Å². The standard InChI is InChI=1S/C18H19Cl3/c1-18(2,3)14-7-5-13(6-8-14)16(20)10-12-4-9-15(19)17(21)11-12/h4-9,11,16H,10H2,1-3H3. The Morgan fingerprint density at radius 1 is 0.905 bits per heavy atom. The smallest absolute Gasteiger partial charge is 0.0625 e. The summed E-state index contributed by atoms with van der Waals surface area (Å²) in [5.41, 5.74) is 3.68. The van der Waals surface area contributed by atoms with E-state index in [0.29, 0.717) is 10.0 Å². The van der Waals surface area contributed by atoms with E-state index in [1.54, 1.807) is 0 Å². The quantitative estimate of drug-likeness (QED) is 0.538. The van der Waals surface area contributed by atoms with Gasteiger partial charge in [-0.3, -0.25) is 0 Å². The van der Waals surface area contributed by atoms with Gasteiger partial charge < -0.3 is 0 Å². The number of rotatable bonds is 3. The molecule has 2 aromatic carbocycles. The van der Waals surface area contributed by atoms with Crippen molar-refractivity contribution in [3.63, 3.8) is 0 Å². The molecule has 0 aliphatic rings. The number of alkyl halides is 1. The van der Waals surface area contributed by atoms with E-state index in [0.717, 1.165) is 17.5 Å². The Morgan fingerprint density at radius 2 is 1.52 bits per heavy atom. The molecule has 21 heavy (non-hydrogen) atoms. The molecule has 3 heteroatoms. The average molecular weight is 342 g/mol. The van der Waals surface area contributed by atoms with E-state index in [9.17, 15) is 0 Å². The van der Waals surface area contributed by atoms with Crippen molar-refractivity contribution in [2.75, 3.05) is 0 Å². The molecule has 0 fully saturated rings. The summed E-state index contributed by atoms with van der Waals surface area (Å²) in [5, 5.41) is 1.07. The molecule has 0 heterocycles. The molecule has 0 aliphatic heterocycles. The fraction of sp³-hybridized carbons (Fsp3) is 0.333. The monoisotopic (exact) mass is 340 g/mol. The van der Waals surface area contributed by atoms with Gasteiger partial charge in [-0.15, -0.1) is 11.6 Å². The fourth-order valence-electron chi connectivity index (χ4n) is 2.18. The highest BCUT2D eigenvalue weighted by molar-refractivity contribution is 6.42. The van der Waals surface area contributed by atoms with Crippen molar-refractivity contribution < 1.29 is 0 Å². The minimum absolute atomic E-state index is 0.0729. The van der Waals surface area contributed by atoms with Crippen LogP contribution in [0.2, 0.25) is 10.0 Å². The molecular weight excluding hydrogens is 323 g/mol. The molecule has 0 N–H and O–H groups in total. The van der Waals surface area contributed by atoms with Gasteiger partial charge in [0.25, 0.3) is 0 Å². The zero-order valence-corrected chi connectivity index (χ0v) is 14.7. The lowest BCUT2D eigenvalue weighted by Crippen LogP contribution is -2.10. The summed E-state index contributed by atoms with van der Waals surface area (Å²) in [6.45, 7) is 6.61. The van der Waals surface area contributed by atoms with Gasteiger partial charge in [0, 0.05) is 0 Å². The van der Waals surface area contributed by atoms with Gasteiger partial charge in [0.15, 0.2) is 0 Å². The molecule has 0 nitrogen and oxygen atoms in total. The van der Waals surface area contributed by atoms with Crippen LogP contribution < -0.4 is 0 Å². The molecule has 0 aliphatic carbocycles. The van der Waals surface area contributed by atoms with Gasteiger partial charge in [-0.1, -0.05) is 74.3 Å². The lowest BCUT2D eigenvalue weighted by molar-refractivity contribution is 0.590. The first-order valence-corrected chi connectivity index (χ1v) is 8.15. The zero-order chi connectivity index (χ0) is 15.6. The minimum Gasteiger partial charge on any atom is -0.117 e. The van der Waals surface area contributed by atoms with Crippen molar-refractivity contribution in [3.05, 3.63) is 69.2 Å². The predicted octanol–water partition coefficient (Wildman–Crippen LogP) is 6.81. The second-order valence-electron chi connectivity index (χ2n) is 6.29. The first-order chi connectivity index (χ1) is 9.77. The van der Waals surface area contributed by atoms with Crippen LogP contribution in [0.15, 0.2) is 42.5 Å². The van der Waals surface area contributed by atoms with Crippen LogP contribution >= 0.6 is 34.8 Å². The molecule has 1 unspecified atom stereocenters. The zero-order valence-electron chi connectivity index (χ0n) is 12.5. The van der Waals surface area contributed by atoms with Crippen molar-refractivity contribution in [2.45, 2.75) is 38.0 Å². The molecule has 1 atom stereocenters. The molecule has 0 bridgehead atoms. The Kier molecular flexibility index (Phi) is 5.24. The number of benzene rings is 2. The molecule has 0 saturated heterocycles. The maximum Gasteiger partial charge on any atom is 0.0625 e. The van der Waals surface area contributed by atoms with Crippen LogP contribution in [0.3, 0.4) is 0 Å². The first kappa shape index (κ1) is 16.7. The minimum atomic E-state index is -0.0729. The van der Waals surface area contributed by atoms with E-state index in [2.05, 4.69) is 45.0 Å². The van der Waals surface area contributed by atoms with E-state index in [-0.39, 0.29) is 10.8 Å². The maximum absolute atomic E-state index is 6.52. The summed E-state index contributed by atoms with van der Waals surface area (Å²) in [7, 11) is 0. The lowest BCUT2D eigenvalue weighted by Gasteiger charge is -2.20. The summed E-state index contributed by atoms with van der Waals surface area (Å²) in [4.78, 5) is 0. The Labute approximate surface area is 142 Å². The highest BCUT2D eigenvalue weighted by atomic mass is 35.5. The van der Waals surface area contributed by atoms with Crippen LogP contribution in [0, 0.1) is 0 Å². The summed E-state index contributed by atoms with van der Waals surface area (Å²) < 4.78 is 0. The Balaban J connectivity index is 2.13. The largest absolute Gasteiger partial charge is 0.117 e. The van der Waals surface area contributed by atoms with Crippen LogP contribution in [0.25, 0.3) is 0 Å². The van der Waals surface area contributed by atoms with Gasteiger partial charge in [-0.25, -0.2) is 0 Å². The maximum atomic E-state index is 6.52. The molecular formula is C18H19Cl3. The second kappa shape index (κ2) is 6.60. The molecule has 0 amide bonds. The van der Waals surface area contributed by atoms with Crippen molar-refractivity contribution in [3.8, 4) is 0 Å². The summed E-state index contributed by atoms with van der Waals surface area (Å²) >= 11 is 18.5. The van der Waals surface area contributed by atoms with Gasteiger partial charge in [0.1, 0.15) is 0 Å². The van der Waals surface area contributed by atoms with Gasteiger partial charge in [-0.2, -0.15) is 0 Å².